The molecule has 3 aromatic heterocycles. The molecular weight excluding hydrogens is 324 g/mol. The second-order valence-electron chi connectivity index (χ2n) is 7.64. The maximum atomic E-state index is 6.37. The van der Waals surface area contributed by atoms with E-state index in [1.807, 2.05) is 18.2 Å². The first-order chi connectivity index (χ1) is 12.6. The van der Waals surface area contributed by atoms with Gasteiger partial charge in [0.05, 0.1) is 5.69 Å². The van der Waals surface area contributed by atoms with Crippen LogP contribution in [0.25, 0.3) is 22.4 Å². The summed E-state index contributed by atoms with van der Waals surface area (Å²) in [6.07, 6.45) is 3.94. The van der Waals surface area contributed by atoms with E-state index in [1.54, 1.807) is 6.20 Å². The zero-order valence-electron chi connectivity index (χ0n) is 15.4. The fourth-order valence-corrected chi connectivity index (χ4v) is 3.89. The van der Waals surface area contributed by atoms with Crippen molar-refractivity contribution in [2.75, 3.05) is 18.0 Å². The summed E-state index contributed by atoms with van der Waals surface area (Å²) in [5.74, 6) is 2.18. The molecule has 0 aliphatic carbocycles. The van der Waals surface area contributed by atoms with Gasteiger partial charge in [-0.05, 0) is 48.9 Å². The monoisotopic (exact) mass is 350 g/mol. The van der Waals surface area contributed by atoms with Gasteiger partial charge in [0.25, 0.3) is 0 Å². The van der Waals surface area contributed by atoms with Crippen molar-refractivity contribution in [3.8, 4) is 11.4 Å². The topological polar surface area (TPSA) is 83.7 Å². The quantitative estimate of drug-likeness (QED) is 0.755. The van der Waals surface area contributed by atoms with Gasteiger partial charge in [-0.1, -0.05) is 19.9 Å². The summed E-state index contributed by atoms with van der Waals surface area (Å²) in [7, 11) is 0. The standard InChI is InChI=1S/C20H26N6/c1-13(2)11-14-12-26(10-8-16(14)21)18-7-3-6-17(23-18)19-15-5-4-9-22-20(15)25-24-19/h3-7,9,13-14,16H,8,10-12,21H2,1-2H3,(H,22,24,25)/t14-,16+/m0/s1. The van der Waals surface area contributed by atoms with Crippen molar-refractivity contribution < 1.29 is 0 Å². The Morgan fingerprint density at radius 2 is 2.15 bits per heavy atom. The number of hydrogen-bond donors (Lipinski definition) is 2. The van der Waals surface area contributed by atoms with E-state index in [0.717, 1.165) is 54.2 Å². The molecule has 1 aliphatic heterocycles. The highest BCUT2D eigenvalue weighted by molar-refractivity contribution is 5.89. The van der Waals surface area contributed by atoms with E-state index in [1.165, 1.54) is 0 Å². The molecule has 136 valence electrons. The molecule has 3 N–H and O–H groups in total. The highest BCUT2D eigenvalue weighted by Crippen LogP contribution is 2.28. The van der Waals surface area contributed by atoms with Gasteiger partial charge in [0, 0.05) is 30.7 Å². The van der Waals surface area contributed by atoms with Crippen molar-refractivity contribution in [3.63, 3.8) is 0 Å². The molecule has 3 aromatic rings. The van der Waals surface area contributed by atoms with Crippen LogP contribution in [0.2, 0.25) is 0 Å². The number of nitrogens with zero attached hydrogens (tertiary/aromatic N) is 4. The first-order valence-electron chi connectivity index (χ1n) is 9.39. The van der Waals surface area contributed by atoms with Gasteiger partial charge < -0.3 is 10.6 Å². The molecule has 6 heteroatoms. The first kappa shape index (κ1) is 17.0. The zero-order valence-corrected chi connectivity index (χ0v) is 15.4. The molecule has 4 heterocycles. The Bertz CT molecular complexity index is 887. The maximum absolute atomic E-state index is 6.37. The number of piperidine rings is 1. The number of hydrogen-bond acceptors (Lipinski definition) is 5. The summed E-state index contributed by atoms with van der Waals surface area (Å²) >= 11 is 0. The molecule has 1 saturated heterocycles. The summed E-state index contributed by atoms with van der Waals surface area (Å²) in [5, 5.41) is 8.41. The lowest BCUT2D eigenvalue weighted by Gasteiger charge is -2.38. The molecule has 4 rings (SSSR count). The van der Waals surface area contributed by atoms with E-state index in [-0.39, 0.29) is 6.04 Å². The van der Waals surface area contributed by atoms with Crippen molar-refractivity contribution in [2.45, 2.75) is 32.7 Å². The summed E-state index contributed by atoms with van der Waals surface area (Å²) in [6, 6.07) is 10.4. The minimum atomic E-state index is 0.290. The van der Waals surface area contributed by atoms with Gasteiger partial charge in [0.1, 0.15) is 11.5 Å². The van der Waals surface area contributed by atoms with Crippen molar-refractivity contribution in [3.05, 3.63) is 36.5 Å². The molecule has 2 atom stereocenters. The number of aromatic nitrogens is 4. The molecule has 0 radical (unpaired) electrons. The number of pyridine rings is 2. The molecule has 0 unspecified atom stereocenters. The Kier molecular flexibility index (Phi) is 4.59. The van der Waals surface area contributed by atoms with Crippen molar-refractivity contribution >= 4 is 16.9 Å². The van der Waals surface area contributed by atoms with Crippen LogP contribution in [0, 0.1) is 11.8 Å². The first-order valence-corrected chi connectivity index (χ1v) is 9.39. The minimum absolute atomic E-state index is 0.290. The molecule has 1 fully saturated rings. The van der Waals surface area contributed by atoms with Gasteiger partial charge in [-0.3, -0.25) is 5.10 Å². The van der Waals surface area contributed by atoms with Crippen LogP contribution in [0.5, 0.6) is 0 Å². The summed E-state index contributed by atoms with van der Waals surface area (Å²) in [4.78, 5) is 11.6. The second kappa shape index (κ2) is 7.03. The van der Waals surface area contributed by atoms with Gasteiger partial charge in [0.15, 0.2) is 5.65 Å². The molecule has 0 amide bonds. The molecule has 0 bridgehead atoms. The Morgan fingerprint density at radius 1 is 1.27 bits per heavy atom. The zero-order chi connectivity index (χ0) is 18.1. The predicted molar refractivity (Wildman–Crippen MR) is 105 cm³/mol. The van der Waals surface area contributed by atoms with Crippen molar-refractivity contribution in [1.82, 2.24) is 20.2 Å². The van der Waals surface area contributed by atoms with Crippen LogP contribution in [0.1, 0.15) is 26.7 Å². The smallest absolute Gasteiger partial charge is 0.155 e. The average Bonchev–Trinajstić information content (AvgIpc) is 3.07. The predicted octanol–water partition coefficient (Wildman–Crippen LogP) is 3.22. The van der Waals surface area contributed by atoms with E-state index < -0.39 is 0 Å². The normalized spacial score (nSPS) is 20.8. The Morgan fingerprint density at radius 3 is 3.00 bits per heavy atom. The number of nitrogens with two attached hydrogens (primary N) is 1. The second-order valence-corrected chi connectivity index (χ2v) is 7.64. The molecule has 0 saturated carbocycles. The lowest BCUT2D eigenvalue weighted by Crippen LogP contribution is -2.47. The molecule has 6 nitrogen and oxygen atoms in total. The van der Waals surface area contributed by atoms with Gasteiger partial charge >= 0.3 is 0 Å². The molecular formula is C20H26N6. The van der Waals surface area contributed by atoms with Gasteiger partial charge in [0.2, 0.25) is 0 Å². The summed E-state index contributed by atoms with van der Waals surface area (Å²) in [6.45, 7) is 6.45. The lowest BCUT2D eigenvalue weighted by molar-refractivity contribution is 0.303. The molecule has 0 spiro atoms. The van der Waals surface area contributed by atoms with Gasteiger partial charge in [-0.2, -0.15) is 5.10 Å². The van der Waals surface area contributed by atoms with Crippen LogP contribution in [-0.4, -0.2) is 39.3 Å². The van der Waals surface area contributed by atoms with E-state index in [4.69, 9.17) is 10.7 Å². The minimum Gasteiger partial charge on any atom is -0.356 e. The largest absolute Gasteiger partial charge is 0.356 e. The number of nitrogens with one attached hydrogen (secondary N) is 1. The number of anilines is 1. The van der Waals surface area contributed by atoms with Crippen LogP contribution >= 0.6 is 0 Å². The number of fused-ring (bicyclic) bond motifs is 1. The molecule has 1 aliphatic rings. The van der Waals surface area contributed by atoms with E-state index >= 15 is 0 Å². The fraction of sp³-hybridized carbons (Fsp3) is 0.450. The highest BCUT2D eigenvalue weighted by atomic mass is 15.2. The van der Waals surface area contributed by atoms with Crippen molar-refractivity contribution in [2.24, 2.45) is 17.6 Å². The maximum Gasteiger partial charge on any atom is 0.155 e. The average molecular weight is 350 g/mol. The van der Waals surface area contributed by atoms with Crippen LogP contribution in [-0.2, 0) is 0 Å². The SMILES string of the molecule is CC(C)C[C@H]1CN(c2cccc(-c3n[nH]c4ncccc34)n2)CC[C@H]1N. The summed E-state index contributed by atoms with van der Waals surface area (Å²) < 4.78 is 0. The Balaban J connectivity index is 1.61. The van der Waals surface area contributed by atoms with Crippen LogP contribution in [0.3, 0.4) is 0 Å². The fourth-order valence-electron chi connectivity index (χ4n) is 3.89. The van der Waals surface area contributed by atoms with E-state index in [0.29, 0.717) is 11.8 Å². The van der Waals surface area contributed by atoms with Crippen LogP contribution < -0.4 is 10.6 Å². The van der Waals surface area contributed by atoms with Gasteiger partial charge in [-0.25, -0.2) is 9.97 Å². The Labute approximate surface area is 153 Å². The molecule has 26 heavy (non-hydrogen) atoms. The lowest BCUT2D eigenvalue weighted by atomic mass is 9.86. The number of aromatic amines is 1. The van der Waals surface area contributed by atoms with E-state index in [9.17, 15) is 0 Å². The Hall–Kier alpha value is -2.47. The van der Waals surface area contributed by atoms with Gasteiger partial charge in [-0.15, -0.1) is 0 Å². The van der Waals surface area contributed by atoms with E-state index in [2.05, 4.69) is 46.1 Å². The third-order valence-corrected chi connectivity index (χ3v) is 5.20. The third-order valence-electron chi connectivity index (χ3n) is 5.20. The highest BCUT2D eigenvalue weighted by Gasteiger charge is 2.28. The number of rotatable bonds is 4. The van der Waals surface area contributed by atoms with Crippen molar-refractivity contribution in [1.29, 1.82) is 0 Å². The van der Waals surface area contributed by atoms with Crippen LogP contribution in [0.4, 0.5) is 5.82 Å². The van der Waals surface area contributed by atoms with Crippen LogP contribution in [0.15, 0.2) is 36.5 Å². The summed E-state index contributed by atoms with van der Waals surface area (Å²) in [5.41, 5.74) is 8.88. The molecule has 0 aromatic carbocycles. The number of H-pyrrole nitrogens is 1. The third kappa shape index (κ3) is 3.29.